The first kappa shape index (κ1) is 16.0. The quantitative estimate of drug-likeness (QED) is 0.887. The van der Waals surface area contributed by atoms with Gasteiger partial charge in [0.05, 0.1) is 17.6 Å². The van der Waals surface area contributed by atoms with Crippen LogP contribution < -0.4 is 10.0 Å². The number of aromatic nitrogens is 1. The summed E-state index contributed by atoms with van der Waals surface area (Å²) in [7, 11) is -3.59. The van der Waals surface area contributed by atoms with Gasteiger partial charge in [0.2, 0.25) is 10.0 Å². The van der Waals surface area contributed by atoms with Crippen LogP contribution in [0.2, 0.25) is 0 Å². The summed E-state index contributed by atoms with van der Waals surface area (Å²) in [5.74, 6) is -0.0419. The number of sulfonamides is 1. The van der Waals surface area contributed by atoms with Crippen molar-refractivity contribution in [3.8, 4) is 0 Å². The van der Waals surface area contributed by atoms with Gasteiger partial charge in [-0.3, -0.25) is 4.72 Å². The Morgan fingerprint density at radius 3 is 2.67 bits per heavy atom. The molecule has 0 aromatic carbocycles. The molecule has 9 heteroatoms. The summed E-state index contributed by atoms with van der Waals surface area (Å²) in [5, 5.41) is 3.12. The van der Waals surface area contributed by atoms with E-state index in [-0.39, 0.29) is 17.4 Å². The molecule has 2 N–H and O–H groups in total. The minimum atomic E-state index is -4.54. The molecule has 118 valence electrons. The van der Waals surface area contributed by atoms with E-state index in [2.05, 4.69) is 15.0 Å². The molecule has 0 radical (unpaired) electrons. The molecular weight excluding hydrogens is 307 g/mol. The van der Waals surface area contributed by atoms with E-state index < -0.39 is 21.9 Å². The Labute approximate surface area is 121 Å². The predicted octanol–water partition coefficient (Wildman–Crippen LogP) is 1.84. The molecule has 1 aromatic rings. The molecule has 1 aromatic heterocycles. The van der Waals surface area contributed by atoms with Crippen molar-refractivity contribution in [2.45, 2.75) is 19.0 Å². The van der Waals surface area contributed by atoms with Crippen molar-refractivity contribution in [1.82, 2.24) is 10.3 Å². The van der Waals surface area contributed by atoms with Gasteiger partial charge >= 0.3 is 6.18 Å². The molecule has 21 heavy (non-hydrogen) atoms. The standard InChI is InChI=1S/C12H16F3N3O2S/c13-12(14,15)11-4-3-10(7-17-11)18-21(19,20)8-9-2-1-5-16-6-9/h3-4,7,9,16,18H,1-2,5-6,8H2. The fourth-order valence-corrected chi connectivity index (χ4v) is 3.69. The molecule has 0 saturated carbocycles. The molecule has 1 aliphatic rings. The number of pyridine rings is 1. The Morgan fingerprint density at radius 1 is 1.38 bits per heavy atom. The highest BCUT2D eigenvalue weighted by Crippen LogP contribution is 2.28. The predicted molar refractivity (Wildman–Crippen MR) is 72.2 cm³/mol. The second kappa shape index (κ2) is 6.18. The van der Waals surface area contributed by atoms with Crippen LogP contribution in [0.4, 0.5) is 18.9 Å². The van der Waals surface area contributed by atoms with Gasteiger partial charge < -0.3 is 5.32 Å². The van der Waals surface area contributed by atoms with Crippen molar-refractivity contribution < 1.29 is 21.6 Å². The average molecular weight is 323 g/mol. The molecule has 0 amide bonds. The number of anilines is 1. The Hall–Kier alpha value is -1.35. The van der Waals surface area contributed by atoms with Gasteiger partial charge in [0.25, 0.3) is 0 Å². The molecule has 0 aliphatic carbocycles. The summed E-state index contributed by atoms with van der Waals surface area (Å²) in [6.45, 7) is 1.51. The van der Waals surface area contributed by atoms with E-state index in [1.165, 1.54) is 0 Å². The van der Waals surface area contributed by atoms with Crippen molar-refractivity contribution in [1.29, 1.82) is 0 Å². The zero-order chi connectivity index (χ0) is 15.5. The summed E-state index contributed by atoms with van der Waals surface area (Å²) in [6.07, 6.45) is -1.92. The SMILES string of the molecule is O=S(=O)(CC1CCCNC1)Nc1ccc(C(F)(F)F)nc1. The lowest BCUT2D eigenvalue weighted by atomic mass is 10.0. The number of halogens is 3. The van der Waals surface area contributed by atoms with Crippen LogP contribution in [0.1, 0.15) is 18.5 Å². The van der Waals surface area contributed by atoms with Gasteiger partial charge in [0.15, 0.2) is 0 Å². The number of hydrogen-bond donors (Lipinski definition) is 2. The zero-order valence-corrected chi connectivity index (χ0v) is 12.0. The van der Waals surface area contributed by atoms with Crippen LogP contribution >= 0.6 is 0 Å². The van der Waals surface area contributed by atoms with Crippen LogP contribution in [-0.4, -0.2) is 32.2 Å². The van der Waals surface area contributed by atoms with Crippen LogP contribution in [0, 0.1) is 5.92 Å². The van der Waals surface area contributed by atoms with Gasteiger partial charge in [-0.05, 0) is 44.0 Å². The summed E-state index contributed by atoms with van der Waals surface area (Å²) >= 11 is 0. The molecule has 1 atom stereocenters. The number of nitrogens with zero attached hydrogens (tertiary/aromatic N) is 1. The lowest BCUT2D eigenvalue weighted by Gasteiger charge is -2.22. The molecular formula is C12H16F3N3O2S. The van der Waals surface area contributed by atoms with Crippen molar-refractivity contribution in [3.05, 3.63) is 24.0 Å². The Balaban J connectivity index is 1.99. The van der Waals surface area contributed by atoms with Gasteiger partial charge in [0, 0.05) is 0 Å². The first-order valence-corrected chi connectivity index (χ1v) is 8.16. The highest BCUT2D eigenvalue weighted by molar-refractivity contribution is 7.92. The number of rotatable bonds is 4. The molecule has 0 spiro atoms. The molecule has 2 rings (SSSR count). The molecule has 1 fully saturated rings. The van der Waals surface area contributed by atoms with Crippen LogP contribution in [-0.2, 0) is 16.2 Å². The number of piperidine rings is 1. The lowest BCUT2D eigenvalue weighted by Crippen LogP contribution is -2.35. The second-order valence-electron chi connectivity index (χ2n) is 5.03. The third kappa shape index (κ3) is 4.85. The highest BCUT2D eigenvalue weighted by atomic mass is 32.2. The lowest BCUT2D eigenvalue weighted by molar-refractivity contribution is -0.141. The van der Waals surface area contributed by atoms with E-state index in [1.54, 1.807) is 0 Å². The number of nitrogens with one attached hydrogen (secondary N) is 2. The monoisotopic (exact) mass is 323 g/mol. The smallest absolute Gasteiger partial charge is 0.316 e. The number of hydrogen-bond acceptors (Lipinski definition) is 4. The maximum absolute atomic E-state index is 12.4. The van der Waals surface area contributed by atoms with Crippen molar-refractivity contribution in [3.63, 3.8) is 0 Å². The molecule has 5 nitrogen and oxygen atoms in total. The molecule has 1 saturated heterocycles. The normalized spacial score (nSPS) is 20.2. The third-order valence-electron chi connectivity index (χ3n) is 3.18. The van der Waals surface area contributed by atoms with Gasteiger partial charge in [-0.25, -0.2) is 13.4 Å². The maximum atomic E-state index is 12.4. The van der Waals surface area contributed by atoms with Gasteiger partial charge in [-0.1, -0.05) is 0 Å². The van der Waals surface area contributed by atoms with E-state index >= 15 is 0 Å². The first-order valence-electron chi connectivity index (χ1n) is 6.51. The molecule has 1 aliphatic heterocycles. The Morgan fingerprint density at radius 2 is 2.14 bits per heavy atom. The fourth-order valence-electron chi connectivity index (χ4n) is 2.22. The Kier molecular flexibility index (Phi) is 4.72. The third-order valence-corrected chi connectivity index (χ3v) is 4.64. The number of alkyl halides is 3. The summed E-state index contributed by atoms with van der Waals surface area (Å²) < 4.78 is 63.3. The minimum absolute atomic E-state index is 0.0126. The molecule has 0 bridgehead atoms. The van der Waals surface area contributed by atoms with Crippen LogP contribution in [0.15, 0.2) is 18.3 Å². The summed E-state index contributed by atoms with van der Waals surface area (Å²) in [4.78, 5) is 3.22. The van der Waals surface area contributed by atoms with Crippen molar-refractivity contribution in [2.24, 2.45) is 5.92 Å². The van der Waals surface area contributed by atoms with E-state index in [9.17, 15) is 21.6 Å². The Bertz CT molecular complexity index is 566. The zero-order valence-electron chi connectivity index (χ0n) is 11.2. The molecule has 1 unspecified atom stereocenters. The van der Waals surface area contributed by atoms with E-state index in [4.69, 9.17) is 0 Å². The maximum Gasteiger partial charge on any atom is 0.433 e. The largest absolute Gasteiger partial charge is 0.433 e. The van der Waals surface area contributed by atoms with Gasteiger partial charge in [-0.2, -0.15) is 13.2 Å². The fraction of sp³-hybridized carbons (Fsp3) is 0.583. The topological polar surface area (TPSA) is 71.1 Å². The van der Waals surface area contributed by atoms with Gasteiger partial charge in [0.1, 0.15) is 5.69 Å². The molecule has 2 heterocycles. The minimum Gasteiger partial charge on any atom is -0.316 e. The van der Waals surface area contributed by atoms with Crippen molar-refractivity contribution >= 4 is 15.7 Å². The van der Waals surface area contributed by atoms with E-state index in [1.807, 2.05) is 0 Å². The van der Waals surface area contributed by atoms with Crippen molar-refractivity contribution in [2.75, 3.05) is 23.6 Å². The van der Waals surface area contributed by atoms with Crippen LogP contribution in [0.3, 0.4) is 0 Å². The van der Waals surface area contributed by atoms with Crippen LogP contribution in [0.5, 0.6) is 0 Å². The van der Waals surface area contributed by atoms with Crippen LogP contribution in [0.25, 0.3) is 0 Å². The first-order chi connectivity index (χ1) is 9.76. The average Bonchev–Trinajstić information content (AvgIpc) is 2.38. The summed E-state index contributed by atoms with van der Waals surface area (Å²) in [6, 6.07) is 1.81. The summed E-state index contributed by atoms with van der Waals surface area (Å²) in [5.41, 5.74) is -1.02. The second-order valence-corrected chi connectivity index (χ2v) is 6.79. The van der Waals surface area contributed by atoms with E-state index in [0.29, 0.717) is 6.54 Å². The van der Waals surface area contributed by atoms with E-state index in [0.717, 1.165) is 37.7 Å². The van der Waals surface area contributed by atoms with Gasteiger partial charge in [-0.15, -0.1) is 0 Å². The highest BCUT2D eigenvalue weighted by Gasteiger charge is 2.32.